The van der Waals surface area contributed by atoms with Gasteiger partial charge in [0.1, 0.15) is 0 Å². The molecule has 19 heavy (non-hydrogen) atoms. The molecule has 0 aliphatic rings. The van der Waals surface area contributed by atoms with Crippen LogP contribution in [0.25, 0.3) is 11.0 Å². The van der Waals surface area contributed by atoms with Crippen molar-refractivity contribution in [1.29, 1.82) is 0 Å². The van der Waals surface area contributed by atoms with Gasteiger partial charge >= 0.3 is 17.1 Å². The fourth-order valence-corrected chi connectivity index (χ4v) is 2.08. The normalized spacial score (nSPS) is 11.7. The van der Waals surface area contributed by atoms with Gasteiger partial charge in [-0.25, -0.2) is 4.79 Å². The molecule has 0 atom stereocenters. The van der Waals surface area contributed by atoms with Crippen LogP contribution < -0.4 is 11.1 Å². The third kappa shape index (κ3) is 2.05. The van der Waals surface area contributed by atoms with Gasteiger partial charge in [0.2, 0.25) is 0 Å². The number of carbonyl (C=O) groups is 1. The van der Waals surface area contributed by atoms with E-state index in [0.29, 0.717) is 5.52 Å². The van der Waals surface area contributed by atoms with E-state index in [4.69, 9.17) is 5.11 Å². The van der Waals surface area contributed by atoms with Gasteiger partial charge in [-0.15, -0.1) is 0 Å². The summed E-state index contributed by atoms with van der Waals surface area (Å²) < 4.78 is 1.31. The highest BCUT2D eigenvalue weighted by molar-refractivity contribution is 6.00. The molecule has 0 bridgehead atoms. The molecule has 2 N–H and O–H groups in total. The van der Waals surface area contributed by atoms with E-state index >= 15 is 0 Å². The Morgan fingerprint density at radius 2 is 1.89 bits per heavy atom. The summed E-state index contributed by atoms with van der Waals surface area (Å²) in [5, 5.41) is 9.13. The van der Waals surface area contributed by atoms with Gasteiger partial charge in [-0.05, 0) is 32.9 Å². The van der Waals surface area contributed by atoms with Gasteiger partial charge in [0.25, 0.3) is 0 Å². The van der Waals surface area contributed by atoms with Crippen LogP contribution in [0.4, 0.5) is 0 Å². The molecule has 0 radical (unpaired) electrons. The molecule has 0 spiro atoms. The topological polar surface area (TPSA) is 92.2 Å². The molecule has 2 aromatic rings. The lowest BCUT2D eigenvalue weighted by Gasteiger charge is -2.24. The fraction of sp³-hybridized carbons (Fsp3) is 0.308. The number of aromatic amines is 1. The van der Waals surface area contributed by atoms with Gasteiger partial charge in [0.15, 0.2) is 0 Å². The SMILES string of the molecule is CC(C)(C)n1c(=O)c(=O)[nH]c2c(C(=O)O)cccc21. The van der Waals surface area contributed by atoms with Crippen molar-refractivity contribution < 1.29 is 9.90 Å². The monoisotopic (exact) mass is 262 g/mol. The number of rotatable bonds is 1. The van der Waals surface area contributed by atoms with Gasteiger partial charge in [-0.1, -0.05) is 6.07 Å². The van der Waals surface area contributed by atoms with Crippen LogP contribution >= 0.6 is 0 Å². The highest BCUT2D eigenvalue weighted by atomic mass is 16.4. The van der Waals surface area contributed by atoms with E-state index in [1.165, 1.54) is 10.6 Å². The number of fused-ring (bicyclic) bond motifs is 1. The molecule has 1 aromatic carbocycles. The molecule has 6 nitrogen and oxygen atoms in total. The molecule has 1 aromatic heterocycles. The van der Waals surface area contributed by atoms with Crippen LogP contribution in [0.15, 0.2) is 27.8 Å². The van der Waals surface area contributed by atoms with E-state index < -0.39 is 22.6 Å². The van der Waals surface area contributed by atoms with Crippen molar-refractivity contribution >= 4 is 17.0 Å². The van der Waals surface area contributed by atoms with Crippen molar-refractivity contribution in [2.75, 3.05) is 0 Å². The Hall–Kier alpha value is -2.37. The first kappa shape index (κ1) is 13.1. The zero-order valence-corrected chi connectivity index (χ0v) is 10.9. The van der Waals surface area contributed by atoms with E-state index in [1.807, 2.05) is 0 Å². The number of nitrogens with one attached hydrogen (secondary N) is 1. The molecule has 0 unspecified atom stereocenters. The maximum absolute atomic E-state index is 12.0. The van der Waals surface area contributed by atoms with Crippen LogP contribution in [0.5, 0.6) is 0 Å². The minimum atomic E-state index is -1.15. The molecule has 0 saturated carbocycles. The van der Waals surface area contributed by atoms with Crippen LogP contribution in [-0.4, -0.2) is 20.6 Å². The van der Waals surface area contributed by atoms with Crippen molar-refractivity contribution in [1.82, 2.24) is 9.55 Å². The van der Waals surface area contributed by atoms with Gasteiger partial charge in [-0.2, -0.15) is 0 Å². The summed E-state index contributed by atoms with van der Waals surface area (Å²) in [6.45, 7) is 5.34. The Bertz CT molecular complexity index is 778. The van der Waals surface area contributed by atoms with Crippen molar-refractivity contribution in [2.24, 2.45) is 0 Å². The lowest BCUT2D eigenvalue weighted by atomic mass is 10.1. The second-order valence-corrected chi connectivity index (χ2v) is 5.27. The smallest absolute Gasteiger partial charge is 0.337 e. The molecule has 1 heterocycles. The number of carboxylic acids is 1. The largest absolute Gasteiger partial charge is 0.478 e. The Morgan fingerprint density at radius 1 is 1.26 bits per heavy atom. The van der Waals surface area contributed by atoms with E-state index in [2.05, 4.69) is 4.98 Å². The summed E-state index contributed by atoms with van der Waals surface area (Å²) in [5.41, 5.74) is -1.61. The van der Waals surface area contributed by atoms with E-state index in [-0.39, 0.29) is 11.1 Å². The second-order valence-electron chi connectivity index (χ2n) is 5.27. The van der Waals surface area contributed by atoms with Crippen LogP contribution in [0.2, 0.25) is 0 Å². The third-order valence-corrected chi connectivity index (χ3v) is 2.82. The predicted molar refractivity (Wildman–Crippen MR) is 70.8 cm³/mol. The second kappa shape index (κ2) is 4.08. The maximum Gasteiger partial charge on any atom is 0.337 e. The van der Waals surface area contributed by atoms with Crippen molar-refractivity contribution in [3.8, 4) is 0 Å². The zero-order chi connectivity index (χ0) is 14.4. The molecule has 100 valence electrons. The Labute approximate surface area is 108 Å². The molecule has 0 aliphatic heterocycles. The highest BCUT2D eigenvalue weighted by Crippen LogP contribution is 2.20. The lowest BCUT2D eigenvalue weighted by molar-refractivity contribution is 0.0698. The summed E-state index contributed by atoms with van der Waals surface area (Å²) in [5.74, 6) is -1.15. The van der Waals surface area contributed by atoms with Crippen molar-refractivity contribution in [2.45, 2.75) is 26.3 Å². The summed E-state index contributed by atoms with van der Waals surface area (Å²) in [7, 11) is 0. The molecule has 6 heteroatoms. The first-order valence-electron chi connectivity index (χ1n) is 5.75. The number of aromatic nitrogens is 2. The number of aromatic carboxylic acids is 1. The van der Waals surface area contributed by atoms with Crippen molar-refractivity contribution in [3.63, 3.8) is 0 Å². The molecule has 0 amide bonds. The lowest BCUT2D eigenvalue weighted by Crippen LogP contribution is -2.43. The van der Waals surface area contributed by atoms with Gasteiger partial charge in [0, 0.05) is 5.54 Å². The molecular weight excluding hydrogens is 248 g/mol. The number of H-pyrrole nitrogens is 1. The summed E-state index contributed by atoms with van der Waals surface area (Å²) in [6.07, 6.45) is 0. The number of hydrogen-bond donors (Lipinski definition) is 2. The molecular formula is C13H14N2O4. The van der Waals surface area contributed by atoms with E-state index in [9.17, 15) is 14.4 Å². The number of carboxylic acid groups (broad SMARTS) is 1. The van der Waals surface area contributed by atoms with Crippen LogP contribution in [-0.2, 0) is 5.54 Å². The van der Waals surface area contributed by atoms with E-state index in [0.717, 1.165) is 0 Å². The molecule has 0 fully saturated rings. The van der Waals surface area contributed by atoms with Crippen LogP contribution in [0.1, 0.15) is 31.1 Å². The van der Waals surface area contributed by atoms with Gasteiger partial charge < -0.3 is 10.1 Å². The predicted octanol–water partition coefficient (Wildman–Crippen LogP) is 1.14. The molecule has 0 aliphatic carbocycles. The van der Waals surface area contributed by atoms with E-state index in [1.54, 1.807) is 32.9 Å². The number of para-hydroxylation sites is 1. The third-order valence-electron chi connectivity index (χ3n) is 2.82. The Morgan fingerprint density at radius 3 is 2.42 bits per heavy atom. The summed E-state index contributed by atoms with van der Waals surface area (Å²) in [4.78, 5) is 37.2. The first-order valence-corrected chi connectivity index (χ1v) is 5.75. The number of nitrogens with zero attached hydrogens (tertiary/aromatic N) is 1. The summed E-state index contributed by atoms with van der Waals surface area (Å²) in [6, 6.07) is 4.55. The highest BCUT2D eigenvalue weighted by Gasteiger charge is 2.21. The van der Waals surface area contributed by atoms with Crippen LogP contribution in [0, 0.1) is 0 Å². The van der Waals surface area contributed by atoms with Gasteiger partial charge in [-0.3, -0.25) is 14.2 Å². The quantitative estimate of drug-likeness (QED) is 0.754. The average Bonchev–Trinajstić information content (AvgIpc) is 2.27. The molecule has 2 rings (SSSR count). The first-order chi connectivity index (χ1) is 8.73. The van der Waals surface area contributed by atoms with Crippen LogP contribution in [0.3, 0.4) is 0 Å². The van der Waals surface area contributed by atoms with Gasteiger partial charge in [0.05, 0.1) is 16.6 Å². The Balaban J connectivity index is 3.09. The number of benzene rings is 1. The summed E-state index contributed by atoms with van der Waals surface area (Å²) >= 11 is 0. The zero-order valence-electron chi connectivity index (χ0n) is 10.9. The average molecular weight is 262 g/mol. The maximum atomic E-state index is 12.0. The molecule has 0 saturated heterocycles. The number of hydrogen-bond acceptors (Lipinski definition) is 3. The minimum absolute atomic E-state index is 0.0346. The fourth-order valence-electron chi connectivity index (χ4n) is 2.08. The standard InChI is InChI=1S/C13H14N2O4/c1-13(2,3)15-8-6-4-5-7(12(18)19)9(8)14-10(16)11(15)17/h4-6H,1-3H3,(H,14,16)(H,18,19). The van der Waals surface area contributed by atoms with Crippen molar-refractivity contribution in [3.05, 3.63) is 44.5 Å². The minimum Gasteiger partial charge on any atom is -0.478 e. The Kier molecular flexibility index (Phi) is 2.81.